The fourth-order valence-corrected chi connectivity index (χ4v) is 2.04. The summed E-state index contributed by atoms with van der Waals surface area (Å²) in [7, 11) is 0. The summed E-state index contributed by atoms with van der Waals surface area (Å²) in [5, 5.41) is 10.0. The van der Waals surface area contributed by atoms with Gasteiger partial charge in [0, 0.05) is 26.7 Å². The van der Waals surface area contributed by atoms with Crippen molar-refractivity contribution in [2.45, 2.75) is 31.9 Å². The first-order chi connectivity index (χ1) is 5.68. The molecule has 2 heterocycles. The fourth-order valence-electron chi connectivity index (χ4n) is 2.04. The Morgan fingerprint density at radius 2 is 2.73 bits per heavy atom. The minimum atomic E-state index is -0.959. The van der Waals surface area contributed by atoms with Crippen LogP contribution in [0.25, 0.3) is 0 Å². The lowest BCUT2D eigenvalue weighted by Gasteiger charge is -2.29. The third kappa shape index (κ3) is 0.745. The van der Waals surface area contributed by atoms with E-state index in [1.807, 2.05) is 0 Å². The molecule has 2 saturated heterocycles. The quantitative estimate of drug-likeness (QED) is 0.549. The number of rotatable bonds is 0. The molecular weight excluding hydrogens is 142 g/mol. The van der Waals surface area contributed by atoms with Gasteiger partial charge in [0.05, 0.1) is 0 Å². The highest BCUT2D eigenvalue weighted by molar-refractivity contribution is 5.79. The zero-order valence-electron chi connectivity index (χ0n) is 7.42. The molecule has 1 amide bonds. The second-order valence-corrected chi connectivity index (χ2v) is 3.41. The molecule has 0 bridgehead atoms. The van der Waals surface area contributed by atoms with E-state index in [1.165, 1.54) is 0 Å². The highest BCUT2D eigenvalue weighted by atomic mass is 16.3. The molecule has 0 aromatic heterocycles. The maximum Gasteiger partial charge on any atom is 0.225 e. The summed E-state index contributed by atoms with van der Waals surface area (Å²) in [6, 6.07) is 0. The van der Waals surface area contributed by atoms with E-state index in [-0.39, 0.29) is 18.7 Å². The van der Waals surface area contributed by atoms with E-state index in [0.717, 1.165) is 6.42 Å². The molecule has 0 saturated carbocycles. The SMILES string of the molecule is [2H]CC1CCN2C(=O)CCC12O. The van der Waals surface area contributed by atoms with E-state index in [0.29, 0.717) is 19.4 Å². The first kappa shape index (κ1) is 6.00. The molecule has 2 unspecified atom stereocenters. The maximum atomic E-state index is 11.2. The number of aliphatic hydroxyl groups is 1. The Bertz CT molecular complexity index is 221. The molecule has 2 aliphatic heterocycles. The van der Waals surface area contributed by atoms with E-state index in [1.54, 1.807) is 4.90 Å². The molecule has 2 aliphatic rings. The average Bonchev–Trinajstić information content (AvgIpc) is 2.50. The van der Waals surface area contributed by atoms with E-state index in [4.69, 9.17) is 1.37 Å². The molecule has 2 atom stereocenters. The number of hydrogen-bond donors (Lipinski definition) is 1. The third-order valence-electron chi connectivity index (χ3n) is 2.83. The van der Waals surface area contributed by atoms with Crippen LogP contribution in [0, 0.1) is 5.92 Å². The highest BCUT2D eigenvalue weighted by Crippen LogP contribution is 2.41. The highest BCUT2D eigenvalue weighted by Gasteiger charge is 2.51. The zero-order valence-corrected chi connectivity index (χ0v) is 6.42. The van der Waals surface area contributed by atoms with Gasteiger partial charge in [-0.3, -0.25) is 4.79 Å². The van der Waals surface area contributed by atoms with Crippen LogP contribution >= 0.6 is 0 Å². The Morgan fingerprint density at radius 1 is 1.91 bits per heavy atom. The molecule has 0 radical (unpaired) electrons. The summed E-state index contributed by atoms with van der Waals surface area (Å²) in [4.78, 5) is 12.8. The van der Waals surface area contributed by atoms with E-state index >= 15 is 0 Å². The van der Waals surface area contributed by atoms with Gasteiger partial charge in [0.1, 0.15) is 5.72 Å². The van der Waals surface area contributed by atoms with Crippen molar-refractivity contribution in [3.8, 4) is 0 Å². The predicted molar refractivity (Wildman–Crippen MR) is 39.7 cm³/mol. The van der Waals surface area contributed by atoms with Crippen LogP contribution in [-0.4, -0.2) is 28.2 Å². The lowest BCUT2D eigenvalue weighted by Crippen LogP contribution is -2.43. The monoisotopic (exact) mass is 156 g/mol. The number of hydrogen-bond acceptors (Lipinski definition) is 2. The van der Waals surface area contributed by atoms with Crippen LogP contribution in [0.4, 0.5) is 0 Å². The Morgan fingerprint density at radius 3 is 3.45 bits per heavy atom. The maximum absolute atomic E-state index is 11.2. The second kappa shape index (κ2) is 1.97. The molecule has 3 nitrogen and oxygen atoms in total. The Balaban J connectivity index is 2.24. The molecular formula is C8H13NO2. The van der Waals surface area contributed by atoms with Crippen LogP contribution in [0.1, 0.15) is 27.5 Å². The number of nitrogens with zero attached hydrogens (tertiary/aromatic N) is 1. The van der Waals surface area contributed by atoms with Gasteiger partial charge in [-0.2, -0.15) is 0 Å². The third-order valence-corrected chi connectivity index (χ3v) is 2.83. The molecule has 1 N–H and O–H groups in total. The largest absolute Gasteiger partial charge is 0.370 e. The molecule has 0 aromatic rings. The molecule has 0 spiro atoms. The zero-order chi connectivity index (χ0) is 8.77. The minimum absolute atomic E-state index is 0.0241. The van der Waals surface area contributed by atoms with Gasteiger partial charge in [-0.05, 0) is 6.42 Å². The summed E-state index contributed by atoms with van der Waals surface area (Å²) >= 11 is 0. The van der Waals surface area contributed by atoms with Gasteiger partial charge < -0.3 is 10.0 Å². The van der Waals surface area contributed by atoms with Crippen molar-refractivity contribution in [3.63, 3.8) is 0 Å². The summed E-state index contributed by atoms with van der Waals surface area (Å²) in [6.45, 7) is 0.860. The topological polar surface area (TPSA) is 40.5 Å². The minimum Gasteiger partial charge on any atom is -0.370 e. The van der Waals surface area contributed by atoms with Crippen LogP contribution < -0.4 is 0 Å². The number of carbonyl (C=O) groups excluding carboxylic acids is 1. The smallest absolute Gasteiger partial charge is 0.225 e. The number of carbonyl (C=O) groups is 1. The molecule has 0 aromatic carbocycles. The van der Waals surface area contributed by atoms with Gasteiger partial charge in [0.25, 0.3) is 0 Å². The van der Waals surface area contributed by atoms with E-state index < -0.39 is 5.72 Å². The Hall–Kier alpha value is -0.570. The molecule has 2 rings (SSSR count). The molecule has 3 heteroatoms. The summed E-state index contributed by atoms with van der Waals surface area (Å²) < 4.78 is 7.24. The predicted octanol–water partition coefficient (Wildman–Crippen LogP) is 0.337. The molecule has 2 fully saturated rings. The van der Waals surface area contributed by atoms with Gasteiger partial charge in [-0.25, -0.2) is 0 Å². The lowest BCUT2D eigenvalue weighted by atomic mass is 9.97. The van der Waals surface area contributed by atoms with E-state index in [9.17, 15) is 9.90 Å². The first-order valence-corrected chi connectivity index (χ1v) is 4.00. The van der Waals surface area contributed by atoms with Crippen molar-refractivity contribution in [3.05, 3.63) is 0 Å². The van der Waals surface area contributed by atoms with Gasteiger partial charge >= 0.3 is 0 Å². The number of fused-ring (bicyclic) bond motifs is 1. The van der Waals surface area contributed by atoms with Crippen molar-refractivity contribution in [1.82, 2.24) is 4.90 Å². The van der Waals surface area contributed by atoms with Crippen LogP contribution in [0.3, 0.4) is 0 Å². The average molecular weight is 156 g/mol. The Kier molecular flexibility index (Phi) is 1.08. The van der Waals surface area contributed by atoms with Gasteiger partial charge in [-0.1, -0.05) is 6.90 Å². The first-order valence-electron chi connectivity index (χ1n) is 4.71. The van der Waals surface area contributed by atoms with Crippen molar-refractivity contribution in [1.29, 1.82) is 0 Å². The molecule has 11 heavy (non-hydrogen) atoms. The molecule has 0 aliphatic carbocycles. The van der Waals surface area contributed by atoms with Crippen molar-refractivity contribution in [2.75, 3.05) is 6.54 Å². The fraction of sp³-hybridized carbons (Fsp3) is 0.875. The second-order valence-electron chi connectivity index (χ2n) is 3.41. The summed E-state index contributed by atoms with van der Waals surface area (Å²) in [5.74, 6) is 0.0254. The Labute approximate surface area is 67.4 Å². The van der Waals surface area contributed by atoms with Crippen molar-refractivity contribution < 1.29 is 11.3 Å². The standard InChI is InChI=1S/C8H13NO2/c1-6-3-5-9-7(10)2-4-8(6,9)11/h6,11H,2-5H2,1H3/i1D. The van der Waals surface area contributed by atoms with Gasteiger partial charge in [0.15, 0.2) is 0 Å². The van der Waals surface area contributed by atoms with Crippen LogP contribution in [0.5, 0.6) is 0 Å². The van der Waals surface area contributed by atoms with Gasteiger partial charge in [-0.15, -0.1) is 0 Å². The lowest BCUT2D eigenvalue weighted by molar-refractivity contribution is -0.142. The summed E-state index contributed by atoms with van der Waals surface area (Å²) in [5.41, 5.74) is -0.959. The molecule has 62 valence electrons. The van der Waals surface area contributed by atoms with Crippen molar-refractivity contribution in [2.24, 2.45) is 5.92 Å². The van der Waals surface area contributed by atoms with Crippen LogP contribution in [-0.2, 0) is 4.79 Å². The van der Waals surface area contributed by atoms with Crippen molar-refractivity contribution >= 4 is 5.91 Å². The number of amides is 1. The summed E-state index contributed by atoms with van der Waals surface area (Å²) in [6.07, 6.45) is 1.76. The normalized spacial score (nSPS) is 44.5. The van der Waals surface area contributed by atoms with E-state index in [2.05, 4.69) is 0 Å². The van der Waals surface area contributed by atoms with Crippen LogP contribution in [0.15, 0.2) is 0 Å². The van der Waals surface area contributed by atoms with Crippen LogP contribution in [0.2, 0.25) is 0 Å². The van der Waals surface area contributed by atoms with Gasteiger partial charge in [0.2, 0.25) is 5.91 Å².